The van der Waals surface area contributed by atoms with Gasteiger partial charge in [0.25, 0.3) is 0 Å². The summed E-state index contributed by atoms with van der Waals surface area (Å²) in [7, 11) is 2.91. The van der Waals surface area contributed by atoms with Gasteiger partial charge in [-0.15, -0.1) is 0 Å². The summed E-state index contributed by atoms with van der Waals surface area (Å²) in [4.78, 5) is 26.4. The zero-order valence-electron chi connectivity index (χ0n) is 23.8. The number of nitrogens with one attached hydrogen (secondary N) is 1. The molecule has 1 saturated heterocycles. The summed E-state index contributed by atoms with van der Waals surface area (Å²) in [5.41, 5.74) is 4.04. The van der Waals surface area contributed by atoms with Crippen LogP contribution in [-0.4, -0.2) is 44.5 Å². The molecule has 0 unspecified atom stereocenters. The van der Waals surface area contributed by atoms with Gasteiger partial charge in [-0.1, -0.05) is 0 Å². The number of ether oxygens (including phenoxy) is 5. The molecule has 0 spiro atoms. The van der Waals surface area contributed by atoms with E-state index in [4.69, 9.17) is 23.7 Å². The SMILES string of the molecule is COc1cc([C@@H]2c3cc4c(cc3[C@@H](Nc3ccc(C(=O)c5ccc(F)cc5)cc3)[C@H]3COC(=O)[C@H]23)OCO4)cc(OC)c1O. The lowest BCUT2D eigenvalue weighted by atomic mass is 9.65. The monoisotopic (exact) mass is 597 g/mol. The van der Waals surface area contributed by atoms with Crippen LogP contribution in [0.5, 0.6) is 28.7 Å². The highest BCUT2D eigenvalue weighted by atomic mass is 19.1. The van der Waals surface area contributed by atoms with E-state index in [0.29, 0.717) is 28.2 Å². The first-order valence-corrected chi connectivity index (χ1v) is 14.1. The molecule has 0 saturated carbocycles. The number of hydrogen-bond donors (Lipinski definition) is 2. The summed E-state index contributed by atoms with van der Waals surface area (Å²) in [6.45, 7) is 0.277. The fourth-order valence-electron chi connectivity index (χ4n) is 6.51. The fraction of sp³-hybridized carbons (Fsp3) is 0.235. The van der Waals surface area contributed by atoms with Crippen LogP contribution in [0.2, 0.25) is 0 Å². The molecule has 224 valence electrons. The van der Waals surface area contributed by atoms with E-state index in [1.807, 2.05) is 12.1 Å². The third-order valence-corrected chi connectivity index (χ3v) is 8.62. The number of phenols is 1. The number of aromatic hydroxyl groups is 1. The Hall–Kier alpha value is -5.25. The second-order valence-electron chi connectivity index (χ2n) is 10.9. The van der Waals surface area contributed by atoms with E-state index in [1.54, 1.807) is 36.4 Å². The van der Waals surface area contributed by atoms with Crippen molar-refractivity contribution in [2.75, 3.05) is 32.9 Å². The Morgan fingerprint density at radius 2 is 1.45 bits per heavy atom. The molecule has 0 aromatic heterocycles. The van der Waals surface area contributed by atoms with Crippen molar-refractivity contribution in [2.24, 2.45) is 11.8 Å². The van der Waals surface area contributed by atoms with Crippen LogP contribution >= 0.6 is 0 Å². The van der Waals surface area contributed by atoms with E-state index >= 15 is 0 Å². The molecule has 44 heavy (non-hydrogen) atoms. The molecule has 9 nitrogen and oxygen atoms in total. The van der Waals surface area contributed by atoms with Crippen LogP contribution < -0.4 is 24.3 Å². The minimum absolute atomic E-state index is 0.0836. The summed E-state index contributed by atoms with van der Waals surface area (Å²) < 4.78 is 41.3. The van der Waals surface area contributed by atoms with Gasteiger partial charge in [0.05, 0.1) is 32.8 Å². The molecule has 0 radical (unpaired) electrons. The number of anilines is 1. The highest BCUT2D eigenvalue weighted by molar-refractivity contribution is 6.09. The maximum absolute atomic E-state index is 13.4. The van der Waals surface area contributed by atoms with Crippen molar-refractivity contribution >= 4 is 17.4 Å². The quantitative estimate of drug-likeness (QED) is 0.208. The number of esters is 1. The van der Waals surface area contributed by atoms with Gasteiger partial charge in [0.2, 0.25) is 12.5 Å². The number of ketones is 1. The molecular weight excluding hydrogens is 569 g/mol. The summed E-state index contributed by atoms with van der Waals surface area (Å²) >= 11 is 0. The van der Waals surface area contributed by atoms with E-state index < -0.39 is 17.7 Å². The molecule has 4 aromatic rings. The number of cyclic esters (lactones) is 1. The smallest absolute Gasteiger partial charge is 0.310 e. The molecule has 4 aromatic carbocycles. The molecule has 1 fully saturated rings. The number of carbonyl (C=O) groups excluding carboxylic acids is 2. The number of methoxy groups -OCH3 is 2. The second-order valence-corrected chi connectivity index (χ2v) is 10.9. The second kappa shape index (κ2) is 10.8. The van der Waals surface area contributed by atoms with Crippen LogP contribution in [0.15, 0.2) is 72.8 Å². The maximum atomic E-state index is 13.4. The lowest BCUT2D eigenvalue weighted by Gasteiger charge is -2.40. The number of fused-ring (bicyclic) bond motifs is 3. The average Bonchev–Trinajstić information content (AvgIpc) is 3.67. The van der Waals surface area contributed by atoms with Crippen LogP contribution in [0.25, 0.3) is 0 Å². The summed E-state index contributed by atoms with van der Waals surface area (Å²) in [6.07, 6.45) is 0. The lowest BCUT2D eigenvalue weighted by molar-refractivity contribution is -0.141. The van der Waals surface area contributed by atoms with E-state index in [9.17, 15) is 19.1 Å². The molecule has 4 atom stereocenters. The number of rotatable bonds is 7. The molecule has 10 heteroatoms. The van der Waals surface area contributed by atoms with Crippen LogP contribution in [-0.2, 0) is 9.53 Å². The molecule has 7 rings (SSSR count). The molecule has 0 amide bonds. The zero-order chi connectivity index (χ0) is 30.5. The average molecular weight is 598 g/mol. The van der Waals surface area contributed by atoms with Gasteiger partial charge in [0.1, 0.15) is 5.82 Å². The summed E-state index contributed by atoms with van der Waals surface area (Å²) in [5.74, 6) is -0.784. The van der Waals surface area contributed by atoms with Crippen molar-refractivity contribution in [3.63, 3.8) is 0 Å². The summed E-state index contributed by atoms with van der Waals surface area (Å²) in [6, 6.07) is 19.4. The van der Waals surface area contributed by atoms with Gasteiger partial charge in [-0.3, -0.25) is 9.59 Å². The minimum atomic E-state index is -0.571. The topological polar surface area (TPSA) is 113 Å². The Kier molecular flexibility index (Phi) is 6.76. The van der Waals surface area contributed by atoms with Gasteiger partial charge in [0, 0.05) is 28.7 Å². The van der Waals surface area contributed by atoms with Gasteiger partial charge in [-0.2, -0.15) is 0 Å². The first-order valence-electron chi connectivity index (χ1n) is 14.1. The fourth-order valence-corrected chi connectivity index (χ4v) is 6.51. The Morgan fingerprint density at radius 1 is 0.864 bits per heavy atom. The molecule has 3 aliphatic rings. The number of hydrogen-bond acceptors (Lipinski definition) is 9. The molecule has 0 bridgehead atoms. The van der Waals surface area contributed by atoms with Gasteiger partial charge in [0.15, 0.2) is 28.8 Å². The minimum Gasteiger partial charge on any atom is -0.502 e. The van der Waals surface area contributed by atoms with Gasteiger partial charge in [-0.25, -0.2) is 4.39 Å². The van der Waals surface area contributed by atoms with Crippen molar-refractivity contribution in [3.8, 4) is 28.7 Å². The van der Waals surface area contributed by atoms with Crippen LogP contribution in [0.3, 0.4) is 0 Å². The van der Waals surface area contributed by atoms with Crippen molar-refractivity contribution < 1.29 is 42.8 Å². The van der Waals surface area contributed by atoms with E-state index in [2.05, 4.69) is 5.32 Å². The van der Waals surface area contributed by atoms with Crippen LogP contribution in [0.1, 0.15) is 44.6 Å². The molecule has 2 heterocycles. The van der Waals surface area contributed by atoms with Gasteiger partial charge in [-0.05, 0) is 89.5 Å². The first kappa shape index (κ1) is 27.6. The maximum Gasteiger partial charge on any atom is 0.310 e. The van der Waals surface area contributed by atoms with Crippen molar-refractivity contribution in [1.82, 2.24) is 0 Å². The number of halogens is 1. The van der Waals surface area contributed by atoms with Crippen molar-refractivity contribution in [2.45, 2.75) is 12.0 Å². The lowest BCUT2D eigenvalue weighted by Crippen LogP contribution is -2.37. The van der Waals surface area contributed by atoms with Crippen molar-refractivity contribution in [3.05, 3.63) is 106 Å². The molecule has 2 N–H and O–H groups in total. The Balaban J connectivity index is 1.29. The summed E-state index contributed by atoms with van der Waals surface area (Å²) in [5, 5.41) is 14.2. The van der Waals surface area contributed by atoms with Crippen molar-refractivity contribution in [1.29, 1.82) is 0 Å². The van der Waals surface area contributed by atoms with E-state index in [0.717, 1.165) is 16.8 Å². The number of phenolic OH excluding ortho intramolecular Hbond substituents is 1. The number of benzene rings is 4. The standard InChI is InChI=1S/C34H28FNO8/c1-40-27-11-19(12-28(41-2)33(27)38)29-22-13-25-26(44-16-43-25)14-23(22)31(24-15-42-34(39)30(24)29)36-21-9-5-18(6-10-21)32(37)17-3-7-20(35)8-4-17/h3-14,24,29-31,36,38H,15-16H2,1-2H3/t24-,29+,30-,31+/m0/s1. The first-order chi connectivity index (χ1) is 21.4. The Morgan fingerprint density at radius 3 is 2.07 bits per heavy atom. The Labute approximate surface area is 252 Å². The third-order valence-electron chi connectivity index (χ3n) is 8.62. The highest BCUT2D eigenvalue weighted by Crippen LogP contribution is 2.56. The number of carbonyl (C=O) groups is 2. The molecular formula is C34H28FNO8. The normalized spacial score (nSPS) is 21.2. The zero-order valence-corrected chi connectivity index (χ0v) is 23.8. The van der Waals surface area contributed by atoms with Crippen LogP contribution in [0, 0.1) is 17.7 Å². The highest BCUT2D eigenvalue weighted by Gasteiger charge is 2.52. The molecule has 1 aliphatic carbocycles. The van der Waals surface area contributed by atoms with Gasteiger partial charge >= 0.3 is 5.97 Å². The van der Waals surface area contributed by atoms with Gasteiger partial charge < -0.3 is 34.1 Å². The van der Waals surface area contributed by atoms with Crippen LogP contribution in [0.4, 0.5) is 10.1 Å². The van der Waals surface area contributed by atoms with E-state index in [-0.39, 0.29) is 54.4 Å². The largest absolute Gasteiger partial charge is 0.502 e. The predicted octanol–water partition coefficient (Wildman–Crippen LogP) is 5.60. The molecule has 2 aliphatic heterocycles. The Bertz CT molecular complexity index is 1750. The van der Waals surface area contributed by atoms with E-state index in [1.165, 1.54) is 38.5 Å². The third kappa shape index (κ3) is 4.54. The predicted molar refractivity (Wildman–Crippen MR) is 156 cm³/mol.